The van der Waals surface area contributed by atoms with Crippen molar-refractivity contribution in [2.45, 2.75) is 0 Å². The van der Waals surface area contributed by atoms with E-state index in [1.807, 2.05) is 30.4 Å². The predicted molar refractivity (Wildman–Crippen MR) is 108 cm³/mol. The number of urea groups is 1. The van der Waals surface area contributed by atoms with Gasteiger partial charge in [-0.3, -0.25) is 10.1 Å². The van der Waals surface area contributed by atoms with Crippen LogP contribution in [0.15, 0.2) is 67.0 Å². The molecule has 6 nitrogen and oxygen atoms in total. The first-order chi connectivity index (χ1) is 13.7. The fourth-order valence-corrected chi connectivity index (χ4v) is 2.72. The van der Waals surface area contributed by atoms with Crippen LogP contribution in [0.4, 0.5) is 20.6 Å². The number of hydrogen-bond donors (Lipinski definition) is 3. The molecule has 2 amide bonds. The topological polar surface area (TPSA) is 82.7 Å². The number of carbonyl (C=O) groups is 1. The zero-order valence-electron chi connectivity index (χ0n) is 14.7. The summed E-state index contributed by atoms with van der Waals surface area (Å²) < 4.78 is 12.9. The van der Waals surface area contributed by atoms with Crippen molar-refractivity contribution in [3.05, 3.63) is 84.1 Å². The van der Waals surface area contributed by atoms with Gasteiger partial charge in [-0.05, 0) is 60.2 Å². The first-order valence-electron chi connectivity index (χ1n) is 8.57. The van der Waals surface area contributed by atoms with E-state index in [0.29, 0.717) is 11.4 Å². The van der Waals surface area contributed by atoms with Crippen LogP contribution in [0.1, 0.15) is 11.3 Å². The molecule has 4 aromatic rings. The van der Waals surface area contributed by atoms with Gasteiger partial charge in [-0.25, -0.2) is 9.18 Å². The van der Waals surface area contributed by atoms with Crippen LogP contribution in [-0.2, 0) is 0 Å². The van der Waals surface area contributed by atoms with Crippen LogP contribution in [0.3, 0.4) is 0 Å². The van der Waals surface area contributed by atoms with Crippen molar-refractivity contribution in [1.82, 2.24) is 15.2 Å². The number of halogens is 1. The van der Waals surface area contributed by atoms with Crippen molar-refractivity contribution >= 4 is 40.5 Å². The number of aromatic nitrogens is 3. The van der Waals surface area contributed by atoms with Gasteiger partial charge in [0.1, 0.15) is 5.82 Å². The third kappa shape index (κ3) is 4.04. The van der Waals surface area contributed by atoms with E-state index in [0.717, 1.165) is 22.2 Å². The number of benzene rings is 2. The highest BCUT2D eigenvalue weighted by Crippen LogP contribution is 2.22. The molecule has 0 saturated carbocycles. The van der Waals surface area contributed by atoms with Gasteiger partial charge in [0.25, 0.3) is 0 Å². The number of nitrogens with one attached hydrogen (secondary N) is 3. The molecule has 3 N–H and O–H groups in total. The van der Waals surface area contributed by atoms with E-state index in [2.05, 4.69) is 25.8 Å². The lowest BCUT2D eigenvalue weighted by molar-refractivity contribution is 0.262. The van der Waals surface area contributed by atoms with Crippen LogP contribution in [-0.4, -0.2) is 21.2 Å². The van der Waals surface area contributed by atoms with E-state index >= 15 is 0 Å². The van der Waals surface area contributed by atoms with Crippen LogP contribution >= 0.6 is 0 Å². The number of nitrogens with zero attached hydrogens (tertiary/aromatic N) is 2. The highest BCUT2D eigenvalue weighted by Gasteiger charge is 2.07. The SMILES string of the molecule is O=C(Nc1ccc(F)cc1)Nc1ccc2c(/C=C/c3cccnc3)n[nH]c2c1. The molecule has 28 heavy (non-hydrogen) atoms. The maximum Gasteiger partial charge on any atom is 0.323 e. The zero-order chi connectivity index (χ0) is 19.3. The number of H-pyrrole nitrogens is 1. The maximum absolute atomic E-state index is 12.9. The second-order valence-electron chi connectivity index (χ2n) is 6.07. The smallest absolute Gasteiger partial charge is 0.308 e. The molecule has 4 rings (SSSR count). The molecular formula is C21H16FN5O. The quantitative estimate of drug-likeness (QED) is 0.475. The molecule has 0 bridgehead atoms. The van der Waals surface area contributed by atoms with E-state index in [4.69, 9.17) is 0 Å². The summed E-state index contributed by atoms with van der Waals surface area (Å²) in [6, 6.07) is 14.5. The Labute approximate surface area is 160 Å². The van der Waals surface area contributed by atoms with Gasteiger partial charge in [0.2, 0.25) is 0 Å². The number of carbonyl (C=O) groups excluding carboxylic acids is 1. The molecule has 0 unspecified atom stereocenters. The Bertz CT molecular complexity index is 1140. The Morgan fingerprint density at radius 3 is 2.57 bits per heavy atom. The third-order valence-electron chi connectivity index (χ3n) is 4.07. The molecule has 0 aliphatic rings. The number of hydrogen-bond acceptors (Lipinski definition) is 3. The molecule has 7 heteroatoms. The van der Waals surface area contributed by atoms with Crippen LogP contribution in [0.2, 0.25) is 0 Å². The zero-order valence-corrected chi connectivity index (χ0v) is 14.7. The minimum Gasteiger partial charge on any atom is -0.308 e. The lowest BCUT2D eigenvalue weighted by Crippen LogP contribution is -2.19. The monoisotopic (exact) mass is 373 g/mol. The second kappa shape index (κ2) is 7.71. The number of fused-ring (bicyclic) bond motifs is 1. The summed E-state index contributed by atoms with van der Waals surface area (Å²) in [7, 11) is 0. The fourth-order valence-electron chi connectivity index (χ4n) is 2.72. The van der Waals surface area contributed by atoms with Gasteiger partial charge in [-0.15, -0.1) is 0 Å². The molecule has 0 fully saturated rings. The summed E-state index contributed by atoms with van der Waals surface area (Å²) in [5, 5.41) is 13.6. The highest BCUT2D eigenvalue weighted by atomic mass is 19.1. The molecule has 0 spiro atoms. The van der Waals surface area contributed by atoms with Gasteiger partial charge >= 0.3 is 6.03 Å². The second-order valence-corrected chi connectivity index (χ2v) is 6.07. The fraction of sp³-hybridized carbons (Fsp3) is 0. The summed E-state index contributed by atoms with van der Waals surface area (Å²) in [5.74, 6) is -0.357. The molecular weight excluding hydrogens is 357 g/mol. The minimum atomic E-state index is -0.415. The Morgan fingerprint density at radius 1 is 1.00 bits per heavy atom. The van der Waals surface area contributed by atoms with Gasteiger partial charge in [-0.1, -0.05) is 12.1 Å². The summed E-state index contributed by atoms with van der Waals surface area (Å²) >= 11 is 0. The van der Waals surface area contributed by atoms with Gasteiger partial charge < -0.3 is 10.6 Å². The number of pyridine rings is 1. The van der Waals surface area contributed by atoms with Gasteiger partial charge in [0.05, 0.1) is 11.2 Å². The van der Waals surface area contributed by atoms with Crippen molar-refractivity contribution in [3.63, 3.8) is 0 Å². The van der Waals surface area contributed by atoms with Crippen molar-refractivity contribution in [2.75, 3.05) is 10.6 Å². The van der Waals surface area contributed by atoms with E-state index in [1.165, 1.54) is 24.3 Å². The number of amides is 2. The Balaban J connectivity index is 1.47. The minimum absolute atomic E-state index is 0.357. The van der Waals surface area contributed by atoms with E-state index in [-0.39, 0.29) is 5.82 Å². The third-order valence-corrected chi connectivity index (χ3v) is 4.07. The Morgan fingerprint density at radius 2 is 1.79 bits per heavy atom. The van der Waals surface area contributed by atoms with Crippen LogP contribution in [0, 0.1) is 5.82 Å². The van der Waals surface area contributed by atoms with Crippen molar-refractivity contribution < 1.29 is 9.18 Å². The van der Waals surface area contributed by atoms with Gasteiger partial charge in [0.15, 0.2) is 0 Å². The van der Waals surface area contributed by atoms with E-state index in [1.54, 1.807) is 24.5 Å². The van der Waals surface area contributed by atoms with Crippen LogP contribution < -0.4 is 10.6 Å². The lowest BCUT2D eigenvalue weighted by atomic mass is 10.1. The van der Waals surface area contributed by atoms with Crippen molar-refractivity contribution in [1.29, 1.82) is 0 Å². The van der Waals surface area contributed by atoms with Crippen molar-refractivity contribution in [2.24, 2.45) is 0 Å². The molecule has 0 radical (unpaired) electrons. The van der Waals surface area contributed by atoms with Gasteiger partial charge in [0, 0.05) is 29.2 Å². The predicted octanol–water partition coefficient (Wildman–Crippen LogP) is 4.91. The molecule has 2 heterocycles. The first-order valence-corrected chi connectivity index (χ1v) is 8.57. The molecule has 0 aliphatic carbocycles. The molecule has 0 saturated heterocycles. The summed E-state index contributed by atoms with van der Waals surface area (Å²) in [4.78, 5) is 16.2. The van der Waals surface area contributed by atoms with E-state index < -0.39 is 6.03 Å². The lowest BCUT2D eigenvalue weighted by Gasteiger charge is -2.07. The van der Waals surface area contributed by atoms with Crippen molar-refractivity contribution in [3.8, 4) is 0 Å². The average Bonchev–Trinajstić information content (AvgIpc) is 3.11. The molecule has 2 aromatic heterocycles. The first kappa shape index (κ1) is 17.4. The molecule has 0 aliphatic heterocycles. The van der Waals surface area contributed by atoms with Crippen LogP contribution in [0.5, 0.6) is 0 Å². The number of rotatable bonds is 4. The Hall–Kier alpha value is -4.00. The number of anilines is 2. The maximum atomic E-state index is 12.9. The largest absolute Gasteiger partial charge is 0.323 e. The molecule has 2 aromatic carbocycles. The standard InChI is InChI=1S/C21H16FN5O/c22-15-4-6-16(7-5-15)24-21(28)25-17-8-9-18-19(26-27-20(18)12-17)10-3-14-2-1-11-23-13-14/h1-13H,(H,26,27)(H2,24,25,28)/b10-3+. The Kier molecular flexibility index (Phi) is 4.79. The highest BCUT2D eigenvalue weighted by molar-refractivity contribution is 6.01. The molecule has 0 atom stereocenters. The van der Waals surface area contributed by atoms with E-state index in [9.17, 15) is 9.18 Å². The normalized spacial score (nSPS) is 11.0. The molecule has 138 valence electrons. The summed E-state index contributed by atoms with van der Waals surface area (Å²) in [6.45, 7) is 0. The number of aromatic amines is 1. The van der Waals surface area contributed by atoms with Gasteiger partial charge in [-0.2, -0.15) is 5.10 Å². The summed E-state index contributed by atoms with van der Waals surface area (Å²) in [6.07, 6.45) is 7.34. The summed E-state index contributed by atoms with van der Waals surface area (Å²) in [5.41, 5.74) is 3.68. The van der Waals surface area contributed by atoms with Crippen LogP contribution in [0.25, 0.3) is 23.1 Å². The average molecular weight is 373 g/mol.